The summed E-state index contributed by atoms with van der Waals surface area (Å²) < 4.78 is 0. The molecule has 0 N–H and O–H groups in total. The molecule has 1 aromatic rings. The minimum absolute atomic E-state index is 0.0436. The second-order valence-corrected chi connectivity index (χ2v) is 5.26. The van der Waals surface area contributed by atoms with Crippen molar-refractivity contribution >= 4 is 17.6 Å². The summed E-state index contributed by atoms with van der Waals surface area (Å²) in [5.74, 6) is -0.174. The number of urea groups is 1. The Bertz CT molecular complexity index is 577. The Kier molecular flexibility index (Phi) is 4.59. The monoisotopic (exact) mass is 306 g/mol. The van der Waals surface area contributed by atoms with Gasteiger partial charge < -0.3 is 14.7 Å². The summed E-state index contributed by atoms with van der Waals surface area (Å²) >= 11 is 0. The van der Waals surface area contributed by atoms with Crippen molar-refractivity contribution in [3.05, 3.63) is 39.9 Å². The molecule has 1 heterocycles. The number of non-ortho nitro benzene ring substituents is 1. The van der Waals surface area contributed by atoms with Gasteiger partial charge in [-0.25, -0.2) is 4.79 Å². The van der Waals surface area contributed by atoms with Crippen molar-refractivity contribution in [1.29, 1.82) is 0 Å². The van der Waals surface area contributed by atoms with Crippen LogP contribution in [0.3, 0.4) is 0 Å². The number of nitro benzene ring substituents is 1. The smallest absolute Gasteiger partial charge is 0.319 e. The first kappa shape index (κ1) is 15.7. The molecule has 0 spiro atoms. The fourth-order valence-electron chi connectivity index (χ4n) is 2.29. The Morgan fingerprint density at radius 3 is 2.00 bits per heavy atom. The second kappa shape index (κ2) is 6.42. The van der Waals surface area contributed by atoms with Gasteiger partial charge in [0.15, 0.2) is 0 Å². The van der Waals surface area contributed by atoms with Crippen LogP contribution < -0.4 is 0 Å². The third-order valence-electron chi connectivity index (χ3n) is 3.55. The fourth-order valence-corrected chi connectivity index (χ4v) is 2.29. The fraction of sp³-hybridized carbons (Fsp3) is 0.429. The predicted octanol–water partition coefficient (Wildman–Crippen LogP) is 1.03. The molecule has 118 valence electrons. The molecule has 8 nitrogen and oxygen atoms in total. The van der Waals surface area contributed by atoms with E-state index >= 15 is 0 Å². The highest BCUT2D eigenvalue weighted by Crippen LogP contribution is 2.15. The number of carbonyl (C=O) groups is 2. The molecular weight excluding hydrogens is 288 g/mol. The second-order valence-electron chi connectivity index (χ2n) is 5.26. The molecule has 0 bridgehead atoms. The highest BCUT2D eigenvalue weighted by atomic mass is 16.6. The van der Waals surface area contributed by atoms with Gasteiger partial charge in [-0.15, -0.1) is 0 Å². The highest BCUT2D eigenvalue weighted by molar-refractivity contribution is 5.94. The Balaban J connectivity index is 1.97. The lowest BCUT2D eigenvalue weighted by Crippen LogP contribution is -2.52. The predicted molar refractivity (Wildman–Crippen MR) is 79.7 cm³/mol. The van der Waals surface area contributed by atoms with E-state index in [2.05, 4.69) is 0 Å². The van der Waals surface area contributed by atoms with Crippen molar-refractivity contribution in [3.8, 4) is 0 Å². The number of rotatable bonds is 2. The number of nitrogens with zero attached hydrogens (tertiary/aromatic N) is 4. The maximum Gasteiger partial charge on any atom is 0.319 e. The molecule has 2 rings (SSSR count). The summed E-state index contributed by atoms with van der Waals surface area (Å²) in [6, 6.07) is 5.48. The van der Waals surface area contributed by atoms with Crippen LogP contribution in [0.2, 0.25) is 0 Å². The average molecular weight is 306 g/mol. The minimum atomic E-state index is -0.500. The van der Waals surface area contributed by atoms with Crippen LogP contribution >= 0.6 is 0 Å². The molecule has 1 fully saturated rings. The van der Waals surface area contributed by atoms with Crippen LogP contribution in [0.15, 0.2) is 24.3 Å². The third-order valence-corrected chi connectivity index (χ3v) is 3.55. The lowest BCUT2D eigenvalue weighted by Gasteiger charge is -2.36. The molecule has 0 aliphatic carbocycles. The van der Waals surface area contributed by atoms with E-state index in [-0.39, 0.29) is 17.6 Å². The first-order valence-electron chi connectivity index (χ1n) is 6.90. The summed E-state index contributed by atoms with van der Waals surface area (Å²) in [4.78, 5) is 39.1. The van der Waals surface area contributed by atoms with Gasteiger partial charge in [0.1, 0.15) is 0 Å². The van der Waals surface area contributed by atoms with Gasteiger partial charge in [-0.1, -0.05) is 0 Å². The molecule has 1 aliphatic heterocycles. The number of amides is 3. The van der Waals surface area contributed by atoms with Gasteiger partial charge in [0, 0.05) is 58.0 Å². The summed E-state index contributed by atoms with van der Waals surface area (Å²) in [6.45, 7) is 1.87. The van der Waals surface area contributed by atoms with Crippen molar-refractivity contribution in [2.75, 3.05) is 40.3 Å². The van der Waals surface area contributed by atoms with Crippen LogP contribution in [-0.2, 0) is 0 Å². The van der Waals surface area contributed by atoms with Crippen LogP contribution in [0.4, 0.5) is 10.5 Å². The van der Waals surface area contributed by atoms with Gasteiger partial charge in [-0.05, 0) is 12.1 Å². The number of benzene rings is 1. The van der Waals surface area contributed by atoms with E-state index < -0.39 is 4.92 Å². The normalized spacial score (nSPS) is 14.6. The van der Waals surface area contributed by atoms with E-state index in [9.17, 15) is 19.7 Å². The Hall–Kier alpha value is -2.64. The molecule has 1 aliphatic rings. The number of hydrogen-bond acceptors (Lipinski definition) is 4. The van der Waals surface area contributed by atoms with Crippen molar-refractivity contribution in [3.63, 3.8) is 0 Å². The molecule has 0 saturated carbocycles. The quantitative estimate of drug-likeness (QED) is 0.603. The van der Waals surface area contributed by atoms with Crippen LogP contribution in [-0.4, -0.2) is 71.8 Å². The largest absolute Gasteiger partial charge is 0.335 e. The lowest BCUT2D eigenvalue weighted by atomic mass is 10.1. The molecule has 0 atom stereocenters. The molecule has 1 aromatic carbocycles. The molecule has 8 heteroatoms. The maximum absolute atomic E-state index is 12.3. The van der Waals surface area contributed by atoms with Gasteiger partial charge in [-0.3, -0.25) is 14.9 Å². The van der Waals surface area contributed by atoms with Crippen molar-refractivity contribution in [1.82, 2.24) is 14.7 Å². The van der Waals surface area contributed by atoms with E-state index in [0.29, 0.717) is 31.7 Å². The van der Waals surface area contributed by atoms with E-state index in [0.717, 1.165) is 0 Å². The first-order valence-corrected chi connectivity index (χ1v) is 6.90. The minimum Gasteiger partial charge on any atom is -0.335 e. The van der Waals surface area contributed by atoms with E-state index in [1.807, 2.05) is 0 Å². The molecule has 0 aromatic heterocycles. The van der Waals surface area contributed by atoms with Crippen molar-refractivity contribution < 1.29 is 14.5 Å². The van der Waals surface area contributed by atoms with Crippen molar-refractivity contribution in [2.24, 2.45) is 0 Å². The molecule has 0 unspecified atom stereocenters. The molecule has 0 radical (unpaired) electrons. The van der Waals surface area contributed by atoms with Crippen LogP contribution in [0.1, 0.15) is 10.4 Å². The zero-order valence-electron chi connectivity index (χ0n) is 12.6. The lowest BCUT2D eigenvalue weighted by molar-refractivity contribution is -0.384. The van der Waals surface area contributed by atoms with Crippen LogP contribution in [0.25, 0.3) is 0 Å². The van der Waals surface area contributed by atoms with Gasteiger partial charge in [0.2, 0.25) is 0 Å². The Labute approximate surface area is 128 Å². The van der Waals surface area contributed by atoms with Gasteiger partial charge in [0.05, 0.1) is 4.92 Å². The van der Waals surface area contributed by atoms with Gasteiger partial charge in [-0.2, -0.15) is 0 Å². The third kappa shape index (κ3) is 3.33. The number of carbonyl (C=O) groups excluding carboxylic acids is 2. The van der Waals surface area contributed by atoms with Crippen LogP contribution in [0, 0.1) is 10.1 Å². The Morgan fingerprint density at radius 2 is 1.55 bits per heavy atom. The topological polar surface area (TPSA) is 87.0 Å². The highest BCUT2D eigenvalue weighted by Gasteiger charge is 2.25. The molecule has 3 amide bonds. The van der Waals surface area contributed by atoms with E-state index in [1.165, 1.54) is 29.2 Å². The zero-order chi connectivity index (χ0) is 16.3. The van der Waals surface area contributed by atoms with E-state index in [1.54, 1.807) is 23.9 Å². The average Bonchev–Trinajstić information content (AvgIpc) is 2.53. The number of piperazine rings is 1. The maximum atomic E-state index is 12.3. The molecule has 1 saturated heterocycles. The molecular formula is C14H18N4O4. The summed E-state index contributed by atoms with van der Waals surface area (Å²) in [5.41, 5.74) is 0.371. The van der Waals surface area contributed by atoms with E-state index in [4.69, 9.17) is 0 Å². The molecule has 22 heavy (non-hydrogen) atoms. The summed E-state index contributed by atoms with van der Waals surface area (Å²) in [6.07, 6.45) is 0. The zero-order valence-corrected chi connectivity index (χ0v) is 12.6. The standard InChI is InChI=1S/C14H18N4O4/c1-15(2)14(20)17-9-7-16(8-10-17)13(19)11-3-5-12(6-4-11)18(21)22/h3-6H,7-10H2,1-2H3. The van der Waals surface area contributed by atoms with Gasteiger partial charge in [0.25, 0.3) is 11.6 Å². The van der Waals surface area contributed by atoms with Crippen LogP contribution in [0.5, 0.6) is 0 Å². The van der Waals surface area contributed by atoms with Crippen molar-refractivity contribution in [2.45, 2.75) is 0 Å². The van der Waals surface area contributed by atoms with Gasteiger partial charge >= 0.3 is 6.03 Å². The number of nitro groups is 1. The SMILES string of the molecule is CN(C)C(=O)N1CCN(C(=O)c2ccc([N+](=O)[O-])cc2)CC1. The summed E-state index contributed by atoms with van der Waals surface area (Å²) in [7, 11) is 3.38. The summed E-state index contributed by atoms with van der Waals surface area (Å²) in [5, 5.41) is 10.6. The first-order chi connectivity index (χ1) is 10.4. The number of hydrogen-bond donors (Lipinski definition) is 0. The Morgan fingerprint density at radius 1 is 1.05 bits per heavy atom.